The van der Waals surface area contributed by atoms with Crippen LogP contribution in [0.5, 0.6) is 0 Å². The molecule has 4 heterocycles. The SMILES string of the molecule is Nc1ccc2cc3ccc(N)cc3[n+](CCCC(=O)NCCCCCCNc3nc4c(N)ncnc4n3[C@@H]3O[C@H](COP(=O)(O)O)[C@@H](OP(=O)(O)O)[C@H]3O)c2c1. The van der Waals surface area contributed by atoms with Crippen molar-refractivity contribution < 1.29 is 57.0 Å². The van der Waals surface area contributed by atoms with E-state index in [2.05, 4.69) is 40.7 Å². The van der Waals surface area contributed by atoms with Gasteiger partial charge in [0.15, 0.2) is 23.2 Å². The maximum Gasteiger partial charge on any atom is 0.470 e. The predicted molar refractivity (Wildman–Crippen MR) is 204 cm³/mol. The Bertz CT molecular complexity index is 2240. The number of imidazole rings is 1. The fourth-order valence-electron chi connectivity index (χ4n) is 6.71. The van der Waals surface area contributed by atoms with E-state index in [1.807, 2.05) is 36.4 Å². The van der Waals surface area contributed by atoms with Crippen LogP contribution in [0.3, 0.4) is 0 Å². The van der Waals surface area contributed by atoms with Crippen LogP contribution < -0.4 is 32.4 Å². The van der Waals surface area contributed by atoms with Gasteiger partial charge < -0.3 is 57.3 Å². The summed E-state index contributed by atoms with van der Waals surface area (Å²) in [6, 6.07) is 13.6. The number of pyridine rings is 1. The van der Waals surface area contributed by atoms with E-state index < -0.39 is 46.8 Å². The van der Waals surface area contributed by atoms with Crippen LogP contribution in [0.2, 0.25) is 0 Å². The van der Waals surface area contributed by atoms with Gasteiger partial charge in [-0.05, 0) is 43.2 Å². The Morgan fingerprint density at radius 2 is 1.55 bits per heavy atom. The minimum atomic E-state index is -5.21. The fraction of sp³-hybridized carbons (Fsp3) is 0.424. The molecule has 56 heavy (non-hydrogen) atoms. The number of nitrogens with two attached hydrogens (primary N) is 3. The normalized spacial score (nSPS) is 18.9. The number of benzene rings is 2. The lowest BCUT2D eigenvalue weighted by molar-refractivity contribution is -0.645. The van der Waals surface area contributed by atoms with E-state index >= 15 is 0 Å². The van der Waals surface area contributed by atoms with Gasteiger partial charge in [-0.3, -0.25) is 18.4 Å². The number of rotatable bonds is 18. The molecule has 0 bridgehead atoms. The third-order valence-corrected chi connectivity index (χ3v) is 10.2. The number of unbranched alkanes of at least 4 members (excludes halogenated alkanes) is 3. The standard InChI is InChI=1S/C33H44N10O11P2/c34-21-9-7-19-14-20-8-10-22(35)16-24(20)42(23(19)15-21)13-5-6-26(44)37-11-3-1-2-4-12-38-33-41-27-30(36)39-18-40-31(27)43(33)32-28(45)29(54-56(49,50)51)25(53-32)17-52-55(46,47)48/h7-10,14-16,18,25,28-29,32,45H,1-6,11-13,17H2,(H11,34,35,36,37,38,39,40,41,44,46,47,48,49,50,51)/p+1/t25-,28-,29-,32-/m1/s1. The number of aliphatic hydroxyl groups excluding tert-OH is 1. The van der Waals surface area contributed by atoms with Gasteiger partial charge in [-0.15, -0.1) is 0 Å². The van der Waals surface area contributed by atoms with Crippen molar-refractivity contribution in [3.8, 4) is 0 Å². The van der Waals surface area contributed by atoms with E-state index in [9.17, 15) is 38.6 Å². The molecule has 1 aliphatic rings. The molecule has 1 fully saturated rings. The molecule has 302 valence electrons. The molecule has 0 unspecified atom stereocenters. The summed E-state index contributed by atoms with van der Waals surface area (Å²) in [7, 11) is -10.2. The van der Waals surface area contributed by atoms with Crippen molar-refractivity contribution in [3.63, 3.8) is 0 Å². The molecule has 3 aromatic heterocycles. The number of hydrogen-bond donors (Lipinski definition) is 10. The van der Waals surface area contributed by atoms with E-state index in [0.29, 0.717) is 50.3 Å². The van der Waals surface area contributed by atoms with Crippen LogP contribution in [0, 0.1) is 0 Å². The smallest absolute Gasteiger partial charge is 0.399 e. The van der Waals surface area contributed by atoms with Gasteiger partial charge in [-0.1, -0.05) is 12.8 Å². The summed E-state index contributed by atoms with van der Waals surface area (Å²) >= 11 is 0. The number of hydrogen-bond acceptors (Lipinski definition) is 14. The van der Waals surface area contributed by atoms with Crippen molar-refractivity contribution in [2.45, 2.75) is 69.6 Å². The number of phosphoric acid groups is 2. The average Bonchev–Trinajstić information content (AvgIpc) is 3.64. The van der Waals surface area contributed by atoms with Crippen molar-refractivity contribution in [1.29, 1.82) is 0 Å². The van der Waals surface area contributed by atoms with Gasteiger partial charge in [0.25, 0.3) is 0 Å². The number of anilines is 4. The summed E-state index contributed by atoms with van der Waals surface area (Å²) in [6.07, 6.45) is -1.41. The van der Waals surface area contributed by atoms with Gasteiger partial charge in [-0.25, -0.2) is 24.1 Å². The number of ether oxygens (including phenoxy) is 1. The number of amides is 1. The van der Waals surface area contributed by atoms with E-state index in [1.54, 1.807) is 0 Å². The van der Waals surface area contributed by atoms with Crippen molar-refractivity contribution in [2.75, 3.05) is 42.2 Å². The first-order valence-corrected chi connectivity index (χ1v) is 20.8. The summed E-state index contributed by atoms with van der Waals surface area (Å²) in [5.41, 5.74) is 21.7. The highest BCUT2D eigenvalue weighted by Gasteiger charge is 2.50. The molecule has 2 aromatic carbocycles. The first kappa shape index (κ1) is 41.1. The summed E-state index contributed by atoms with van der Waals surface area (Å²) in [4.78, 5) is 62.5. The molecule has 0 aliphatic carbocycles. The quantitative estimate of drug-likeness (QED) is 0.0197. The first-order valence-electron chi connectivity index (χ1n) is 17.8. The van der Waals surface area contributed by atoms with Crippen LogP contribution in [0.15, 0.2) is 48.8 Å². The molecule has 1 amide bonds. The lowest BCUT2D eigenvalue weighted by Gasteiger charge is -2.21. The number of aromatic nitrogens is 5. The minimum absolute atomic E-state index is 0.00640. The number of nitrogen functional groups attached to an aromatic ring is 3. The highest BCUT2D eigenvalue weighted by molar-refractivity contribution is 7.46. The Morgan fingerprint density at radius 3 is 2.20 bits per heavy atom. The van der Waals surface area contributed by atoms with E-state index in [0.717, 1.165) is 47.4 Å². The third-order valence-electron chi connectivity index (χ3n) is 9.23. The first-order chi connectivity index (χ1) is 26.6. The summed E-state index contributed by atoms with van der Waals surface area (Å²) in [5, 5.41) is 19.3. The van der Waals surface area contributed by atoms with Crippen LogP contribution >= 0.6 is 15.6 Å². The van der Waals surface area contributed by atoms with Gasteiger partial charge in [-0.2, -0.15) is 4.57 Å². The molecular weight excluding hydrogens is 774 g/mol. The number of nitrogens with one attached hydrogen (secondary N) is 2. The molecule has 13 N–H and O–H groups in total. The van der Waals surface area contributed by atoms with Gasteiger partial charge in [0, 0.05) is 60.2 Å². The molecular formula is C33H45N10O11P2+. The van der Waals surface area contributed by atoms with E-state index in [4.69, 9.17) is 26.5 Å². The zero-order chi connectivity index (χ0) is 40.2. The maximum atomic E-state index is 12.7. The number of fused-ring (bicyclic) bond motifs is 3. The van der Waals surface area contributed by atoms with Crippen molar-refractivity contribution in [1.82, 2.24) is 24.8 Å². The van der Waals surface area contributed by atoms with E-state index in [1.165, 1.54) is 4.57 Å². The summed E-state index contributed by atoms with van der Waals surface area (Å²) < 4.78 is 41.5. The molecule has 1 saturated heterocycles. The molecule has 0 spiro atoms. The Balaban J connectivity index is 0.991. The van der Waals surface area contributed by atoms with Gasteiger partial charge in [0.2, 0.25) is 22.9 Å². The molecule has 5 aromatic rings. The van der Waals surface area contributed by atoms with Crippen LogP contribution in [-0.4, -0.2) is 88.1 Å². The highest BCUT2D eigenvalue weighted by atomic mass is 31.2. The number of phosphoric ester groups is 2. The zero-order valence-corrected chi connectivity index (χ0v) is 31.8. The molecule has 0 saturated carbocycles. The summed E-state index contributed by atoms with van der Waals surface area (Å²) in [6.45, 7) is 0.631. The van der Waals surface area contributed by atoms with Crippen LogP contribution in [0.1, 0.15) is 44.8 Å². The minimum Gasteiger partial charge on any atom is -0.399 e. The Morgan fingerprint density at radius 1 is 0.893 bits per heavy atom. The van der Waals surface area contributed by atoms with Crippen LogP contribution in [0.25, 0.3) is 33.0 Å². The van der Waals surface area contributed by atoms with Crippen molar-refractivity contribution >= 4 is 77.7 Å². The molecule has 21 nitrogen and oxygen atoms in total. The Labute approximate surface area is 319 Å². The third kappa shape index (κ3) is 10.1. The number of aryl methyl sites for hydroxylation is 1. The lowest BCUT2D eigenvalue weighted by Crippen LogP contribution is -2.36. The molecule has 4 atom stereocenters. The Kier molecular flexibility index (Phi) is 12.7. The van der Waals surface area contributed by atoms with E-state index in [-0.39, 0.29) is 28.8 Å². The monoisotopic (exact) mass is 819 g/mol. The zero-order valence-electron chi connectivity index (χ0n) is 30.0. The fourth-order valence-corrected chi connectivity index (χ4v) is 7.63. The second-order valence-electron chi connectivity index (χ2n) is 13.4. The molecule has 23 heteroatoms. The highest BCUT2D eigenvalue weighted by Crippen LogP contribution is 2.46. The number of nitrogens with zero attached hydrogens (tertiary/aromatic N) is 5. The second-order valence-corrected chi connectivity index (χ2v) is 15.8. The van der Waals surface area contributed by atoms with Crippen LogP contribution in [-0.2, 0) is 34.3 Å². The van der Waals surface area contributed by atoms with Gasteiger partial charge in [0.05, 0.1) is 6.61 Å². The van der Waals surface area contributed by atoms with Crippen molar-refractivity contribution in [2.24, 2.45) is 0 Å². The predicted octanol–water partition coefficient (Wildman–Crippen LogP) is 1.58. The maximum absolute atomic E-state index is 12.7. The largest absolute Gasteiger partial charge is 0.470 e. The topological polar surface area (TPSA) is 330 Å². The average molecular weight is 820 g/mol. The molecule has 0 radical (unpaired) electrons. The summed E-state index contributed by atoms with van der Waals surface area (Å²) in [5.74, 6) is 0.0842. The number of carbonyl (C=O) groups is 1. The number of aliphatic hydroxyl groups is 1. The Hall–Kier alpha value is -4.53. The molecule has 1 aliphatic heterocycles. The van der Waals surface area contributed by atoms with Gasteiger partial charge in [0.1, 0.15) is 31.2 Å². The van der Waals surface area contributed by atoms with Gasteiger partial charge >= 0.3 is 15.6 Å². The number of carbonyl (C=O) groups excluding carboxylic acids is 1. The van der Waals surface area contributed by atoms with Crippen molar-refractivity contribution in [3.05, 3.63) is 48.8 Å². The molecule has 6 rings (SSSR count). The van der Waals surface area contributed by atoms with Crippen LogP contribution in [0.4, 0.5) is 23.1 Å². The lowest BCUT2D eigenvalue weighted by atomic mass is 10.1. The second kappa shape index (κ2) is 17.3.